The summed E-state index contributed by atoms with van der Waals surface area (Å²) in [6.07, 6.45) is 0. The largest absolute Gasteiger partial charge is 0.277 e. The highest BCUT2D eigenvalue weighted by atomic mass is 15.2. The molecule has 1 aliphatic rings. The van der Waals surface area contributed by atoms with Gasteiger partial charge in [-0.3, -0.25) is 4.57 Å². The van der Waals surface area contributed by atoms with Crippen LogP contribution < -0.4 is 0 Å². The summed E-state index contributed by atoms with van der Waals surface area (Å²) in [6.45, 7) is 4.71. The zero-order valence-corrected chi connectivity index (χ0v) is 26.8. The van der Waals surface area contributed by atoms with E-state index in [1.165, 1.54) is 49.4 Å². The summed E-state index contributed by atoms with van der Waals surface area (Å²) in [5.41, 5.74) is 12.8. The van der Waals surface area contributed by atoms with Gasteiger partial charge in [-0.25, -0.2) is 9.97 Å². The lowest BCUT2D eigenvalue weighted by atomic mass is 9.82. The minimum absolute atomic E-state index is 0.0824. The first-order valence-electron chi connectivity index (χ1n) is 16.6. The molecule has 0 N–H and O–H groups in total. The van der Waals surface area contributed by atoms with Crippen LogP contribution in [0.5, 0.6) is 0 Å². The first-order chi connectivity index (χ1) is 23.6. The minimum atomic E-state index is -0.0824. The molecule has 1 aliphatic carbocycles. The molecule has 0 radical (unpaired) electrons. The first kappa shape index (κ1) is 27.1. The Hall–Kier alpha value is -6.06. The van der Waals surface area contributed by atoms with Crippen molar-refractivity contribution >= 4 is 43.5 Å². The van der Waals surface area contributed by atoms with Gasteiger partial charge in [-0.1, -0.05) is 147 Å². The zero-order chi connectivity index (χ0) is 32.0. The summed E-state index contributed by atoms with van der Waals surface area (Å²) >= 11 is 0. The van der Waals surface area contributed by atoms with Gasteiger partial charge in [-0.05, 0) is 56.8 Å². The van der Waals surface area contributed by atoms with Crippen molar-refractivity contribution < 1.29 is 0 Å². The van der Waals surface area contributed by atoms with Crippen LogP contribution in [0, 0.1) is 0 Å². The smallest absolute Gasteiger partial charge is 0.235 e. The fourth-order valence-electron chi connectivity index (χ4n) is 8.13. The van der Waals surface area contributed by atoms with Gasteiger partial charge >= 0.3 is 0 Å². The summed E-state index contributed by atoms with van der Waals surface area (Å²) in [4.78, 5) is 10.6. The molecule has 0 saturated heterocycles. The Bertz CT molecular complexity index is 2750. The summed E-state index contributed by atoms with van der Waals surface area (Å²) in [6, 6.07) is 54.5. The van der Waals surface area contributed by atoms with Gasteiger partial charge in [0.1, 0.15) is 0 Å². The van der Waals surface area contributed by atoms with E-state index in [4.69, 9.17) is 9.97 Å². The Morgan fingerprint density at radius 2 is 1.21 bits per heavy atom. The lowest BCUT2D eigenvalue weighted by Gasteiger charge is -2.21. The normalized spacial score (nSPS) is 13.4. The van der Waals surface area contributed by atoms with Crippen molar-refractivity contribution in [2.75, 3.05) is 0 Å². The first-order valence-corrected chi connectivity index (χ1v) is 16.6. The van der Waals surface area contributed by atoms with Crippen LogP contribution in [-0.4, -0.2) is 14.5 Å². The molecule has 0 spiro atoms. The lowest BCUT2D eigenvalue weighted by Crippen LogP contribution is -2.14. The Balaban J connectivity index is 1.28. The fraction of sp³-hybridized carbons (Fsp3) is 0.0667. The standard InChI is InChI=1S/C45H31N3/c1-45(2)37-25-24-30(27-36(37)41-31-16-7-6-13-28(31)23-26-38(41)45)32-19-12-20-34-33-17-9-11-22-40(33)48(43(32)34)44-46-39-21-10-8-18-35(39)42(47-44)29-14-4-3-5-15-29/h3-27H,1-2H3. The van der Waals surface area contributed by atoms with Gasteiger partial charge in [0.15, 0.2) is 0 Å². The fourth-order valence-corrected chi connectivity index (χ4v) is 8.13. The van der Waals surface area contributed by atoms with E-state index >= 15 is 0 Å². The van der Waals surface area contributed by atoms with Crippen LogP contribution in [0.15, 0.2) is 152 Å². The number of hydrogen-bond donors (Lipinski definition) is 0. The van der Waals surface area contributed by atoms with Gasteiger partial charge in [-0.2, -0.15) is 0 Å². The monoisotopic (exact) mass is 613 g/mol. The van der Waals surface area contributed by atoms with E-state index in [1.807, 2.05) is 6.07 Å². The van der Waals surface area contributed by atoms with Gasteiger partial charge < -0.3 is 0 Å². The molecule has 0 unspecified atom stereocenters. The molecule has 226 valence electrons. The molecule has 0 amide bonds. The van der Waals surface area contributed by atoms with Crippen LogP contribution in [0.3, 0.4) is 0 Å². The van der Waals surface area contributed by atoms with E-state index in [0.717, 1.165) is 38.8 Å². The molecule has 0 bridgehead atoms. The highest BCUT2D eigenvalue weighted by Gasteiger charge is 2.36. The quantitative estimate of drug-likeness (QED) is 0.198. The average molecular weight is 614 g/mol. The lowest BCUT2D eigenvalue weighted by molar-refractivity contribution is 0.661. The van der Waals surface area contributed by atoms with Crippen LogP contribution in [0.4, 0.5) is 0 Å². The predicted octanol–water partition coefficient (Wildman–Crippen LogP) is 11.5. The third-order valence-electron chi connectivity index (χ3n) is 10.4. The SMILES string of the molecule is CC1(C)c2ccc(-c3cccc4c5ccccc5n(-c5nc(-c6ccccc6)c6ccccc6n5)c34)cc2-c2c1ccc1ccccc21. The number of aromatic nitrogens is 3. The number of fused-ring (bicyclic) bond motifs is 9. The van der Waals surface area contributed by atoms with E-state index in [0.29, 0.717) is 5.95 Å². The Morgan fingerprint density at radius 1 is 0.500 bits per heavy atom. The van der Waals surface area contributed by atoms with Crippen molar-refractivity contribution in [3.8, 4) is 39.5 Å². The van der Waals surface area contributed by atoms with Gasteiger partial charge in [0, 0.05) is 32.7 Å². The second kappa shape index (κ2) is 9.97. The van der Waals surface area contributed by atoms with Crippen LogP contribution >= 0.6 is 0 Å². The van der Waals surface area contributed by atoms with Gasteiger partial charge in [0.2, 0.25) is 5.95 Å². The van der Waals surface area contributed by atoms with Crippen LogP contribution in [0.1, 0.15) is 25.0 Å². The number of benzene rings is 7. The maximum Gasteiger partial charge on any atom is 0.235 e. The molecule has 2 aromatic heterocycles. The highest BCUT2D eigenvalue weighted by Crippen LogP contribution is 2.52. The van der Waals surface area contributed by atoms with Crippen LogP contribution in [0.2, 0.25) is 0 Å². The molecule has 2 heterocycles. The van der Waals surface area contributed by atoms with Gasteiger partial charge in [-0.15, -0.1) is 0 Å². The molecule has 10 rings (SSSR count). The summed E-state index contributed by atoms with van der Waals surface area (Å²) in [5, 5.41) is 6.00. The Kier molecular flexibility index (Phi) is 5.63. The number of para-hydroxylation sites is 3. The number of nitrogens with zero attached hydrogens (tertiary/aromatic N) is 3. The second-order valence-electron chi connectivity index (χ2n) is 13.4. The molecule has 3 heteroatoms. The number of hydrogen-bond acceptors (Lipinski definition) is 2. The highest BCUT2D eigenvalue weighted by molar-refractivity contribution is 6.14. The molecule has 7 aromatic carbocycles. The molecular weight excluding hydrogens is 583 g/mol. The third kappa shape index (κ3) is 3.76. The van der Waals surface area contributed by atoms with Gasteiger partial charge in [0.05, 0.1) is 22.2 Å². The maximum atomic E-state index is 5.34. The van der Waals surface area contributed by atoms with E-state index in [-0.39, 0.29) is 5.41 Å². The summed E-state index contributed by atoms with van der Waals surface area (Å²) in [7, 11) is 0. The molecule has 0 aliphatic heterocycles. The molecule has 0 atom stereocenters. The third-order valence-corrected chi connectivity index (χ3v) is 10.4. The molecule has 0 fully saturated rings. The van der Waals surface area contributed by atoms with Crippen molar-refractivity contribution in [1.82, 2.24) is 14.5 Å². The Morgan fingerprint density at radius 3 is 2.08 bits per heavy atom. The van der Waals surface area contributed by atoms with Crippen molar-refractivity contribution in [2.45, 2.75) is 19.3 Å². The molecule has 0 saturated carbocycles. The Labute approximate surface area is 278 Å². The average Bonchev–Trinajstić information content (AvgIpc) is 3.60. The topological polar surface area (TPSA) is 30.7 Å². The van der Waals surface area contributed by atoms with E-state index < -0.39 is 0 Å². The number of rotatable bonds is 3. The van der Waals surface area contributed by atoms with Crippen molar-refractivity contribution in [1.29, 1.82) is 0 Å². The molecule has 3 nitrogen and oxygen atoms in total. The van der Waals surface area contributed by atoms with E-state index in [9.17, 15) is 0 Å². The zero-order valence-electron chi connectivity index (χ0n) is 26.8. The predicted molar refractivity (Wildman–Crippen MR) is 200 cm³/mol. The van der Waals surface area contributed by atoms with Gasteiger partial charge in [0.25, 0.3) is 0 Å². The summed E-state index contributed by atoms with van der Waals surface area (Å²) < 4.78 is 2.28. The van der Waals surface area contributed by atoms with E-state index in [2.05, 4.69) is 164 Å². The summed E-state index contributed by atoms with van der Waals surface area (Å²) in [5.74, 6) is 0.671. The molecular formula is C45H31N3. The minimum Gasteiger partial charge on any atom is -0.277 e. The van der Waals surface area contributed by atoms with Crippen molar-refractivity contribution in [3.05, 3.63) is 163 Å². The molecule has 9 aromatic rings. The van der Waals surface area contributed by atoms with Crippen molar-refractivity contribution in [3.63, 3.8) is 0 Å². The van der Waals surface area contributed by atoms with Crippen molar-refractivity contribution in [2.24, 2.45) is 0 Å². The second-order valence-corrected chi connectivity index (χ2v) is 13.4. The van der Waals surface area contributed by atoms with Crippen LogP contribution in [-0.2, 0) is 5.41 Å². The molecule has 48 heavy (non-hydrogen) atoms. The van der Waals surface area contributed by atoms with Crippen LogP contribution in [0.25, 0.3) is 82.9 Å². The maximum absolute atomic E-state index is 5.34. The van der Waals surface area contributed by atoms with E-state index in [1.54, 1.807) is 0 Å².